The molecule has 0 saturated carbocycles. The Bertz CT molecular complexity index is 622. The van der Waals surface area contributed by atoms with Crippen molar-refractivity contribution in [3.8, 4) is 0 Å². The maximum atomic E-state index is 12.0. The van der Waals surface area contributed by atoms with Crippen LogP contribution in [-0.4, -0.2) is 54.5 Å². The SMILES string of the molecule is CCOC(=O)C1CCN(CCC(=O)/C=C/c2ccc(Cl)cc2)CC1.O=CO. The minimum atomic E-state index is -0.250. The van der Waals surface area contributed by atoms with Gasteiger partial charge >= 0.3 is 5.97 Å². The second kappa shape index (κ2) is 13.1. The van der Waals surface area contributed by atoms with Crippen molar-refractivity contribution in [2.75, 3.05) is 26.2 Å². The van der Waals surface area contributed by atoms with Crippen LogP contribution in [0, 0.1) is 5.92 Å². The third-order valence-corrected chi connectivity index (χ3v) is 4.47. The van der Waals surface area contributed by atoms with Crippen molar-refractivity contribution in [2.24, 2.45) is 5.92 Å². The fourth-order valence-electron chi connectivity index (χ4n) is 2.77. The highest BCUT2D eigenvalue weighted by Crippen LogP contribution is 2.19. The van der Waals surface area contributed by atoms with Crippen LogP contribution in [0.4, 0.5) is 0 Å². The lowest BCUT2D eigenvalue weighted by molar-refractivity contribution is -0.149. The average Bonchev–Trinajstić information content (AvgIpc) is 2.67. The molecule has 0 spiro atoms. The predicted molar refractivity (Wildman–Crippen MR) is 105 cm³/mol. The Labute approximate surface area is 164 Å². The van der Waals surface area contributed by atoms with E-state index in [2.05, 4.69) is 4.90 Å². The van der Waals surface area contributed by atoms with Crippen molar-refractivity contribution in [2.45, 2.75) is 26.2 Å². The Morgan fingerprint density at radius 1 is 1.26 bits per heavy atom. The van der Waals surface area contributed by atoms with E-state index in [0.717, 1.165) is 38.0 Å². The lowest BCUT2D eigenvalue weighted by Crippen LogP contribution is -2.37. The molecule has 7 heteroatoms. The van der Waals surface area contributed by atoms with E-state index < -0.39 is 0 Å². The number of carbonyl (C=O) groups is 3. The molecule has 1 aliphatic rings. The molecule has 1 saturated heterocycles. The fourth-order valence-corrected chi connectivity index (χ4v) is 2.89. The summed E-state index contributed by atoms with van der Waals surface area (Å²) >= 11 is 5.83. The minimum Gasteiger partial charge on any atom is -0.483 e. The number of carbonyl (C=O) groups excluding carboxylic acids is 2. The van der Waals surface area contributed by atoms with Gasteiger partial charge in [0.2, 0.25) is 0 Å². The maximum absolute atomic E-state index is 12.0. The minimum absolute atomic E-state index is 0.0155. The molecular weight excluding hydrogens is 370 g/mol. The first-order valence-corrected chi connectivity index (χ1v) is 9.31. The zero-order valence-corrected chi connectivity index (χ0v) is 16.2. The summed E-state index contributed by atoms with van der Waals surface area (Å²) in [6.07, 6.45) is 5.55. The van der Waals surface area contributed by atoms with E-state index in [-0.39, 0.29) is 24.1 Å². The molecule has 1 N–H and O–H groups in total. The quantitative estimate of drug-likeness (QED) is 0.433. The zero-order chi connectivity index (χ0) is 20.1. The summed E-state index contributed by atoms with van der Waals surface area (Å²) in [5.74, 6) is 0.0401. The summed E-state index contributed by atoms with van der Waals surface area (Å²) in [4.78, 5) is 34.3. The summed E-state index contributed by atoms with van der Waals surface area (Å²) in [5.41, 5.74) is 0.961. The molecule has 0 atom stereocenters. The third-order valence-electron chi connectivity index (χ3n) is 4.21. The topological polar surface area (TPSA) is 83.9 Å². The normalized spacial score (nSPS) is 15.0. The molecule has 0 radical (unpaired) electrons. The molecule has 6 nitrogen and oxygen atoms in total. The molecule has 0 bridgehead atoms. The van der Waals surface area contributed by atoms with E-state index in [1.54, 1.807) is 18.2 Å². The van der Waals surface area contributed by atoms with Crippen LogP contribution in [0.2, 0.25) is 5.02 Å². The number of ether oxygens (including phenoxy) is 1. The van der Waals surface area contributed by atoms with E-state index in [4.69, 9.17) is 26.2 Å². The summed E-state index contributed by atoms with van der Waals surface area (Å²) in [6.45, 7) is 4.44. The number of piperidine rings is 1. The molecule has 2 rings (SSSR count). The molecule has 0 aromatic heterocycles. The van der Waals surface area contributed by atoms with E-state index in [9.17, 15) is 9.59 Å². The smallest absolute Gasteiger partial charge is 0.309 e. The number of halogens is 1. The van der Waals surface area contributed by atoms with Crippen molar-refractivity contribution < 1.29 is 24.2 Å². The van der Waals surface area contributed by atoms with Crippen molar-refractivity contribution in [3.05, 3.63) is 40.9 Å². The van der Waals surface area contributed by atoms with Crippen LogP contribution in [0.5, 0.6) is 0 Å². The molecule has 27 heavy (non-hydrogen) atoms. The monoisotopic (exact) mass is 395 g/mol. The molecule has 0 unspecified atom stereocenters. The van der Waals surface area contributed by atoms with Crippen molar-refractivity contribution in [1.29, 1.82) is 0 Å². The number of carboxylic acid groups (broad SMARTS) is 1. The first kappa shape index (κ1) is 22.9. The molecule has 148 valence electrons. The molecule has 0 aliphatic carbocycles. The van der Waals surface area contributed by atoms with Crippen LogP contribution in [0.15, 0.2) is 30.3 Å². The Balaban J connectivity index is 0.00000114. The van der Waals surface area contributed by atoms with Gasteiger partial charge in [-0.25, -0.2) is 0 Å². The molecular formula is C20H26ClNO5. The largest absolute Gasteiger partial charge is 0.483 e. The molecule has 1 heterocycles. The van der Waals surface area contributed by atoms with Crippen molar-refractivity contribution in [3.63, 3.8) is 0 Å². The van der Waals surface area contributed by atoms with Gasteiger partial charge in [-0.2, -0.15) is 0 Å². The fraction of sp³-hybridized carbons (Fsp3) is 0.450. The van der Waals surface area contributed by atoms with Crippen LogP contribution < -0.4 is 0 Å². The predicted octanol–water partition coefficient (Wildman–Crippen LogP) is 3.29. The van der Waals surface area contributed by atoms with Gasteiger partial charge < -0.3 is 14.7 Å². The number of benzene rings is 1. The number of likely N-dealkylation sites (tertiary alicyclic amines) is 1. The van der Waals surface area contributed by atoms with Crippen LogP contribution in [0.3, 0.4) is 0 Å². The zero-order valence-electron chi connectivity index (χ0n) is 15.5. The molecule has 1 aromatic rings. The molecule has 1 fully saturated rings. The number of hydrogen-bond donors (Lipinski definition) is 1. The number of nitrogens with zero attached hydrogens (tertiary/aromatic N) is 1. The van der Waals surface area contributed by atoms with Crippen LogP contribution >= 0.6 is 11.6 Å². The van der Waals surface area contributed by atoms with Gasteiger partial charge in [0.15, 0.2) is 5.78 Å². The maximum Gasteiger partial charge on any atom is 0.309 e. The second-order valence-electron chi connectivity index (χ2n) is 6.07. The molecule has 0 amide bonds. The Morgan fingerprint density at radius 3 is 2.41 bits per heavy atom. The van der Waals surface area contributed by atoms with E-state index >= 15 is 0 Å². The highest BCUT2D eigenvalue weighted by molar-refractivity contribution is 6.30. The highest BCUT2D eigenvalue weighted by Gasteiger charge is 2.25. The summed E-state index contributed by atoms with van der Waals surface area (Å²) < 4.78 is 5.07. The first-order valence-electron chi connectivity index (χ1n) is 8.93. The van der Waals surface area contributed by atoms with E-state index in [0.29, 0.717) is 18.1 Å². The summed E-state index contributed by atoms with van der Waals surface area (Å²) in [5, 5.41) is 7.57. The first-order chi connectivity index (χ1) is 13.0. The van der Waals surface area contributed by atoms with E-state index in [1.807, 2.05) is 25.1 Å². The Morgan fingerprint density at radius 2 is 1.85 bits per heavy atom. The number of hydrogen-bond acceptors (Lipinski definition) is 5. The number of rotatable bonds is 7. The molecule has 1 aliphatic heterocycles. The van der Waals surface area contributed by atoms with Crippen LogP contribution in [-0.2, 0) is 19.1 Å². The van der Waals surface area contributed by atoms with Crippen LogP contribution in [0.1, 0.15) is 31.7 Å². The lowest BCUT2D eigenvalue weighted by atomic mass is 9.97. The Kier molecular flexibility index (Phi) is 11.1. The van der Waals surface area contributed by atoms with Gasteiger partial charge in [0.1, 0.15) is 0 Å². The standard InChI is InChI=1S/C19H24ClNO3.CH2O2/c1-2-24-19(23)16-9-12-21(13-10-16)14-11-18(22)8-5-15-3-6-17(20)7-4-15;2-1-3/h3-8,16H,2,9-14H2,1H3;1H,(H,2,3)/b8-5+;. The van der Waals surface area contributed by atoms with Gasteiger partial charge in [-0.3, -0.25) is 14.4 Å². The van der Waals surface area contributed by atoms with Gasteiger partial charge in [0.05, 0.1) is 12.5 Å². The van der Waals surface area contributed by atoms with Gasteiger partial charge in [-0.15, -0.1) is 0 Å². The van der Waals surface area contributed by atoms with Crippen molar-refractivity contribution >= 4 is 35.9 Å². The Hall–Kier alpha value is -2.18. The third kappa shape index (κ3) is 9.35. The van der Waals surface area contributed by atoms with Crippen molar-refractivity contribution in [1.82, 2.24) is 4.90 Å². The number of ketones is 1. The number of allylic oxidation sites excluding steroid dienone is 1. The lowest BCUT2D eigenvalue weighted by Gasteiger charge is -2.30. The van der Waals surface area contributed by atoms with Gasteiger partial charge in [-0.05, 0) is 56.6 Å². The van der Waals surface area contributed by atoms with Gasteiger partial charge in [0.25, 0.3) is 6.47 Å². The van der Waals surface area contributed by atoms with E-state index in [1.165, 1.54) is 0 Å². The summed E-state index contributed by atoms with van der Waals surface area (Å²) in [7, 11) is 0. The van der Waals surface area contributed by atoms with Gasteiger partial charge in [0, 0.05) is 18.0 Å². The number of esters is 1. The average molecular weight is 396 g/mol. The highest BCUT2D eigenvalue weighted by atomic mass is 35.5. The van der Waals surface area contributed by atoms with Crippen LogP contribution in [0.25, 0.3) is 6.08 Å². The van der Waals surface area contributed by atoms with Gasteiger partial charge in [-0.1, -0.05) is 29.8 Å². The molecule has 1 aromatic carbocycles. The summed E-state index contributed by atoms with van der Waals surface area (Å²) in [6, 6.07) is 7.37. The second-order valence-corrected chi connectivity index (χ2v) is 6.51.